The van der Waals surface area contributed by atoms with Crippen LogP contribution in [-0.2, 0) is 10.3 Å². The van der Waals surface area contributed by atoms with Gasteiger partial charge in [-0.25, -0.2) is 5.16 Å². The lowest BCUT2D eigenvalue weighted by molar-refractivity contribution is -0.0221. The van der Waals surface area contributed by atoms with Crippen LogP contribution in [0.1, 0.15) is 26.6 Å². The van der Waals surface area contributed by atoms with Gasteiger partial charge in [-0.2, -0.15) is 4.98 Å². The van der Waals surface area contributed by atoms with Crippen molar-refractivity contribution in [3.05, 3.63) is 10.7 Å². The first-order valence-electron chi connectivity index (χ1n) is 3.76. The van der Waals surface area contributed by atoms with E-state index in [1.165, 1.54) is 0 Å². The minimum atomic E-state index is -0.463. The zero-order valence-electron chi connectivity index (χ0n) is 7.38. The van der Waals surface area contributed by atoms with Crippen LogP contribution in [0.25, 0.3) is 0 Å². The molecular formula is C7H12N2O2S. The van der Waals surface area contributed by atoms with Crippen molar-refractivity contribution in [3.8, 4) is 0 Å². The van der Waals surface area contributed by atoms with E-state index >= 15 is 0 Å². The molecule has 0 atom stereocenters. The molecule has 1 heterocycles. The molecule has 0 aliphatic carbocycles. The molecule has 1 N–H and O–H groups in total. The SMILES string of the molecule is CCOC(C)(C)c1nc(=S)o[nH]1. The number of ether oxygens (including phenoxy) is 1. The Labute approximate surface area is 75.9 Å². The number of hydrogen-bond donors (Lipinski definition) is 1. The molecule has 0 aliphatic rings. The van der Waals surface area contributed by atoms with Crippen molar-refractivity contribution in [1.82, 2.24) is 10.1 Å². The van der Waals surface area contributed by atoms with E-state index in [0.717, 1.165) is 0 Å². The molecule has 68 valence electrons. The predicted octanol–water partition coefficient (Wildman–Crippen LogP) is 2.00. The molecule has 0 aliphatic heterocycles. The second kappa shape index (κ2) is 3.37. The lowest BCUT2D eigenvalue weighted by Gasteiger charge is -2.20. The smallest absolute Gasteiger partial charge is 0.314 e. The monoisotopic (exact) mass is 188 g/mol. The topological polar surface area (TPSA) is 51.1 Å². The summed E-state index contributed by atoms with van der Waals surface area (Å²) in [5.41, 5.74) is -0.463. The van der Waals surface area contributed by atoms with Crippen LogP contribution in [0.4, 0.5) is 0 Å². The molecule has 1 aromatic rings. The summed E-state index contributed by atoms with van der Waals surface area (Å²) in [6.07, 6.45) is 0. The van der Waals surface area contributed by atoms with Gasteiger partial charge in [0, 0.05) is 6.61 Å². The van der Waals surface area contributed by atoms with Crippen LogP contribution in [0.3, 0.4) is 0 Å². The maximum absolute atomic E-state index is 5.43. The van der Waals surface area contributed by atoms with Crippen LogP contribution in [0, 0.1) is 4.84 Å². The molecule has 0 fully saturated rings. The molecule has 1 aromatic heterocycles. The molecular weight excluding hydrogens is 176 g/mol. The summed E-state index contributed by atoms with van der Waals surface area (Å²) in [6, 6.07) is 0. The van der Waals surface area contributed by atoms with Crippen molar-refractivity contribution in [2.24, 2.45) is 0 Å². The molecule has 0 aromatic carbocycles. The van der Waals surface area contributed by atoms with Gasteiger partial charge in [0.1, 0.15) is 5.60 Å². The Bertz CT molecular complexity index is 302. The van der Waals surface area contributed by atoms with E-state index in [0.29, 0.717) is 12.4 Å². The first-order chi connectivity index (χ1) is 5.56. The summed E-state index contributed by atoms with van der Waals surface area (Å²) < 4.78 is 10.2. The number of nitrogens with zero attached hydrogens (tertiary/aromatic N) is 1. The van der Waals surface area contributed by atoms with Gasteiger partial charge in [-0.1, -0.05) is 0 Å². The first-order valence-corrected chi connectivity index (χ1v) is 4.17. The Hall–Kier alpha value is -0.680. The number of hydrogen-bond acceptors (Lipinski definition) is 4. The molecule has 0 unspecified atom stereocenters. The fourth-order valence-corrected chi connectivity index (χ4v) is 1.05. The largest absolute Gasteiger partial charge is 0.368 e. The van der Waals surface area contributed by atoms with Crippen molar-refractivity contribution >= 4 is 12.2 Å². The van der Waals surface area contributed by atoms with Gasteiger partial charge in [-0.3, -0.25) is 0 Å². The molecule has 4 nitrogen and oxygen atoms in total. The van der Waals surface area contributed by atoms with Gasteiger partial charge in [-0.15, -0.1) is 0 Å². The van der Waals surface area contributed by atoms with Crippen molar-refractivity contribution in [2.75, 3.05) is 6.61 Å². The van der Waals surface area contributed by atoms with E-state index in [9.17, 15) is 0 Å². The van der Waals surface area contributed by atoms with E-state index in [-0.39, 0.29) is 4.84 Å². The third-order valence-electron chi connectivity index (χ3n) is 1.51. The summed E-state index contributed by atoms with van der Waals surface area (Å²) in [5.74, 6) is 0.620. The zero-order chi connectivity index (χ0) is 9.19. The molecule has 0 bridgehead atoms. The molecule has 0 radical (unpaired) electrons. The summed E-state index contributed by atoms with van der Waals surface area (Å²) in [7, 11) is 0. The maximum Gasteiger partial charge on any atom is 0.314 e. The second-order valence-electron chi connectivity index (χ2n) is 2.87. The molecule has 5 heteroatoms. The maximum atomic E-state index is 5.43. The Kier molecular flexibility index (Phi) is 2.64. The van der Waals surface area contributed by atoms with Crippen LogP contribution in [-0.4, -0.2) is 16.7 Å². The Morgan fingerprint density at radius 1 is 1.67 bits per heavy atom. The predicted molar refractivity (Wildman–Crippen MR) is 46.3 cm³/mol. The number of rotatable bonds is 3. The lowest BCUT2D eigenvalue weighted by Crippen LogP contribution is -2.23. The van der Waals surface area contributed by atoms with E-state index < -0.39 is 5.60 Å². The summed E-state index contributed by atoms with van der Waals surface area (Å²) in [4.78, 5) is 4.17. The van der Waals surface area contributed by atoms with Crippen molar-refractivity contribution < 1.29 is 9.26 Å². The highest BCUT2D eigenvalue weighted by Gasteiger charge is 2.24. The van der Waals surface area contributed by atoms with Gasteiger partial charge in [-0.05, 0) is 33.0 Å². The van der Waals surface area contributed by atoms with Crippen molar-refractivity contribution in [3.63, 3.8) is 0 Å². The molecule has 0 spiro atoms. The highest BCUT2D eigenvalue weighted by molar-refractivity contribution is 7.71. The highest BCUT2D eigenvalue weighted by atomic mass is 32.1. The fourth-order valence-electron chi connectivity index (χ4n) is 0.916. The highest BCUT2D eigenvalue weighted by Crippen LogP contribution is 2.20. The number of aromatic amines is 1. The quantitative estimate of drug-likeness (QED) is 0.737. The van der Waals surface area contributed by atoms with E-state index in [2.05, 4.69) is 10.1 Å². The van der Waals surface area contributed by atoms with Gasteiger partial charge in [0.25, 0.3) is 0 Å². The minimum absolute atomic E-state index is 0.206. The Morgan fingerprint density at radius 3 is 2.75 bits per heavy atom. The summed E-state index contributed by atoms with van der Waals surface area (Å²) >= 11 is 4.72. The van der Waals surface area contributed by atoms with Crippen LogP contribution >= 0.6 is 12.2 Å². The molecule has 12 heavy (non-hydrogen) atoms. The lowest BCUT2D eigenvalue weighted by atomic mass is 10.1. The number of nitrogens with one attached hydrogen (secondary N) is 1. The molecule has 1 rings (SSSR count). The van der Waals surface area contributed by atoms with Crippen LogP contribution in [0.2, 0.25) is 0 Å². The van der Waals surface area contributed by atoms with E-state index in [1.54, 1.807) is 0 Å². The van der Waals surface area contributed by atoms with Gasteiger partial charge >= 0.3 is 4.84 Å². The van der Waals surface area contributed by atoms with E-state index in [4.69, 9.17) is 21.5 Å². The average Bonchev–Trinajstić information content (AvgIpc) is 2.36. The normalized spacial score (nSPS) is 11.9. The fraction of sp³-hybridized carbons (Fsp3) is 0.714. The standard InChI is InChI=1S/C7H12N2O2S/c1-4-10-7(2,3)5-8-6(12)11-9-5/h4H2,1-3H3,(H,8,9,12). The number of aromatic nitrogens is 2. The van der Waals surface area contributed by atoms with Crippen LogP contribution < -0.4 is 0 Å². The molecule has 0 saturated heterocycles. The summed E-state index contributed by atoms with van der Waals surface area (Å²) in [5, 5.41) is 2.62. The number of H-pyrrole nitrogens is 1. The molecule has 0 amide bonds. The van der Waals surface area contributed by atoms with Crippen LogP contribution in [0.5, 0.6) is 0 Å². The van der Waals surface area contributed by atoms with Gasteiger partial charge in [0.2, 0.25) is 0 Å². The van der Waals surface area contributed by atoms with Crippen LogP contribution in [0.15, 0.2) is 4.52 Å². The summed E-state index contributed by atoms with van der Waals surface area (Å²) in [6.45, 7) is 6.36. The Balaban J connectivity index is 2.88. The van der Waals surface area contributed by atoms with Gasteiger partial charge in [0.05, 0.1) is 0 Å². The third-order valence-corrected chi connectivity index (χ3v) is 1.69. The van der Waals surface area contributed by atoms with Crippen molar-refractivity contribution in [2.45, 2.75) is 26.4 Å². The van der Waals surface area contributed by atoms with Crippen molar-refractivity contribution in [1.29, 1.82) is 0 Å². The third kappa shape index (κ3) is 1.92. The first kappa shape index (κ1) is 9.41. The second-order valence-corrected chi connectivity index (χ2v) is 3.22. The van der Waals surface area contributed by atoms with Gasteiger partial charge < -0.3 is 9.26 Å². The minimum Gasteiger partial charge on any atom is -0.368 e. The molecule has 0 saturated carbocycles. The Morgan fingerprint density at radius 2 is 2.33 bits per heavy atom. The van der Waals surface area contributed by atoms with Gasteiger partial charge in [0.15, 0.2) is 5.82 Å². The van der Waals surface area contributed by atoms with E-state index in [1.807, 2.05) is 20.8 Å². The zero-order valence-corrected chi connectivity index (χ0v) is 8.20. The average molecular weight is 188 g/mol.